The molecule has 4 N–H and O–H groups in total. The molecule has 1 aliphatic heterocycles. The van der Waals surface area contributed by atoms with Crippen LogP contribution in [0, 0.1) is 16.7 Å². The topological polar surface area (TPSA) is 131 Å². The van der Waals surface area contributed by atoms with Crippen molar-refractivity contribution in [1.29, 1.82) is 5.26 Å². The summed E-state index contributed by atoms with van der Waals surface area (Å²) in [6, 6.07) is 15.2. The molecule has 0 unspecified atom stereocenters. The number of carbonyl (C=O) groups is 1. The Morgan fingerprint density at radius 3 is 2.60 bits per heavy atom. The fourth-order valence-electron chi connectivity index (χ4n) is 5.30. The molecular weight excluding hydrogens is 487 g/mol. The number of hydrogen-bond acceptors (Lipinski definition) is 7. The van der Waals surface area contributed by atoms with E-state index >= 15 is 0 Å². The van der Waals surface area contributed by atoms with Crippen LogP contribution >= 0.6 is 23.2 Å². The second-order valence-electron chi connectivity index (χ2n) is 8.89. The third kappa shape index (κ3) is 4.01. The maximum Gasteiger partial charge on any atom is 0.405 e. The Balaban J connectivity index is 1.43. The minimum Gasteiger partial charge on any atom is -0.441 e. The zero-order valence-corrected chi connectivity index (χ0v) is 20.2. The summed E-state index contributed by atoms with van der Waals surface area (Å²) >= 11 is 12.5. The van der Waals surface area contributed by atoms with Crippen molar-refractivity contribution >= 4 is 41.1 Å². The number of carbonyl (C=O) groups excluding carboxylic acids is 1. The quantitative estimate of drug-likeness (QED) is 0.514. The molecule has 2 heterocycles. The summed E-state index contributed by atoms with van der Waals surface area (Å²) in [5, 5.41) is 10.5. The summed E-state index contributed by atoms with van der Waals surface area (Å²) in [5.74, 6) is 0.526. The number of nitrogens with zero attached hydrogens (tertiary/aromatic N) is 4. The number of primary amides is 1. The number of benzene rings is 2. The van der Waals surface area contributed by atoms with Crippen LogP contribution in [0.25, 0.3) is 11.1 Å². The van der Waals surface area contributed by atoms with Crippen LogP contribution in [-0.2, 0) is 11.2 Å². The molecule has 1 spiro atoms. The highest BCUT2D eigenvalue weighted by Crippen LogP contribution is 2.54. The second-order valence-corrected chi connectivity index (χ2v) is 9.67. The number of amides is 1. The summed E-state index contributed by atoms with van der Waals surface area (Å²) in [7, 11) is 0. The number of fused-ring (bicyclic) bond motifs is 1. The first-order chi connectivity index (χ1) is 16.8. The summed E-state index contributed by atoms with van der Waals surface area (Å²) < 4.78 is 5.62. The van der Waals surface area contributed by atoms with E-state index in [4.69, 9.17) is 39.4 Å². The SMILES string of the molecule is N#Cc1nc(N2CCC3(CC2)Cc2ccccc2[C@H]3OC(N)=O)nc(N)c1-c1cccc(Cl)c1Cl. The van der Waals surface area contributed by atoms with E-state index in [1.54, 1.807) is 18.2 Å². The van der Waals surface area contributed by atoms with Crippen molar-refractivity contribution in [2.75, 3.05) is 23.7 Å². The van der Waals surface area contributed by atoms with Gasteiger partial charge in [0.25, 0.3) is 0 Å². The van der Waals surface area contributed by atoms with Gasteiger partial charge in [-0.1, -0.05) is 59.6 Å². The number of nitrogens with two attached hydrogens (primary N) is 2. The Kier molecular flexibility index (Phi) is 5.91. The zero-order chi connectivity index (χ0) is 24.7. The molecule has 2 aromatic carbocycles. The Hall–Kier alpha value is -3.54. The Labute approximate surface area is 212 Å². The molecular formula is C25H22Cl2N6O2. The number of anilines is 2. The molecule has 1 aromatic heterocycles. The summed E-state index contributed by atoms with van der Waals surface area (Å²) in [4.78, 5) is 22.7. The number of aromatic nitrogens is 2. The summed E-state index contributed by atoms with van der Waals surface area (Å²) in [6.45, 7) is 1.21. The van der Waals surface area contributed by atoms with Crippen LogP contribution in [0.2, 0.25) is 10.0 Å². The maximum absolute atomic E-state index is 11.7. The first-order valence-electron chi connectivity index (χ1n) is 11.1. The maximum atomic E-state index is 11.7. The van der Waals surface area contributed by atoms with E-state index in [9.17, 15) is 10.1 Å². The van der Waals surface area contributed by atoms with Crippen molar-refractivity contribution in [3.8, 4) is 17.2 Å². The Morgan fingerprint density at radius 2 is 1.89 bits per heavy atom. The minimum absolute atomic E-state index is 0.125. The van der Waals surface area contributed by atoms with E-state index < -0.39 is 12.2 Å². The number of nitriles is 1. The van der Waals surface area contributed by atoms with Gasteiger partial charge >= 0.3 is 6.09 Å². The first kappa shape index (κ1) is 23.2. The van der Waals surface area contributed by atoms with Gasteiger partial charge in [0.1, 0.15) is 18.0 Å². The van der Waals surface area contributed by atoms with Crippen molar-refractivity contribution in [2.24, 2.45) is 11.1 Å². The van der Waals surface area contributed by atoms with Gasteiger partial charge in [0.15, 0.2) is 5.69 Å². The lowest BCUT2D eigenvalue weighted by atomic mass is 9.74. The van der Waals surface area contributed by atoms with Gasteiger partial charge < -0.3 is 21.1 Å². The van der Waals surface area contributed by atoms with Gasteiger partial charge in [0, 0.05) is 24.1 Å². The van der Waals surface area contributed by atoms with Crippen LogP contribution in [0.3, 0.4) is 0 Å². The van der Waals surface area contributed by atoms with Crippen LogP contribution in [0.5, 0.6) is 0 Å². The minimum atomic E-state index is -0.779. The molecule has 1 amide bonds. The monoisotopic (exact) mass is 508 g/mol. The highest BCUT2D eigenvalue weighted by atomic mass is 35.5. The number of rotatable bonds is 3. The number of ether oxygens (including phenoxy) is 1. The largest absolute Gasteiger partial charge is 0.441 e. The molecule has 0 saturated carbocycles. The third-order valence-corrected chi connectivity index (χ3v) is 7.78. The molecule has 0 bridgehead atoms. The average Bonchev–Trinajstić information content (AvgIpc) is 3.13. The molecule has 178 valence electrons. The molecule has 1 atom stereocenters. The van der Waals surface area contributed by atoms with Gasteiger partial charge in [-0.25, -0.2) is 9.78 Å². The van der Waals surface area contributed by atoms with Gasteiger partial charge in [0.2, 0.25) is 5.95 Å². The summed E-state index contributed by atoms with van der Waals surface area (Å²) in [6.07, 6.45) is 1.08. The Bertz CT molecular complexity index is 1360. The van der Waals surface area contributed by atoms with Crippen molar-refractivity contribution < 1.29 is 9.53 Å². The molecule has 1 aliphatic carbocycles. The molecule has 8 nitrogen and oxygen atoms in total. The van der Waals surface area contributed by atoms with Crippen molar-refractivity contribution in [3.63, 3.8) is 0 Å². The smallest absolute Gasteiger partial charge is 0.405 e. The normalized spacial score (nSPS) is 18.2. The number of nitrogen functional groups attached to an aromatic ring is 1. The number of hydrogen-bond donors (Lipinski definition) is 2. The van der Waals surface area contributed by atoms with Crippen LogP contribution < -0.4 is 16.4 Å². The standard InChI is InChI=1S/C25H22Cl2N6O2/c26-17-7-3-6-16(20(17)27)19-18(13-28)31-24(32-22(19)29)33-10-8-25(9-11-33)12-14-4-1-2-5-15(14)21(25)35-23(30)34/h1-7,21H,8-12H2,(H2,30,34)(H2,29,31,32)/t21-/m1/s1. The van der Waals surface area contributed by atoms with Crippen LogP contribution in [0.15, 0.2) is 42.5 Å². The molecule has 1 fully saturated rings. The average molecular weight is 509 g/mol. The summed E-state index contributed by atoms with van der Waals surface area (Å²) in [5.41, 5.74) is 14.6. The van der Waals surface area contributed by atoms with Crippen LogP contribution in [-0.4, -0.2) is 29.2 Å². The van der Waals surface area contributed by atoms with Crippen LogP contribution in [0.4, 0.5) is 16.6 Å². The molecule has 2 aliphatic rings. The number of halogens is 2. The third-order valence-electron chi connectivity index (χ3n) is 6.96. The van der Waals surface area contributed by atoms with E-state index in [1.807, 2.05) is 23.1 Å². The van der Waals surface area contributed by atoms with E-state index in [-0.39, 0.29) is 21.9 Å². The van der Waals surface area contributed by atoms with Crippen molar-refractivity contribution in [2.45, 2.75) is 25.4 Å². The van der Waals surface area contributed by atoms with E-state index in [0.717, 1.165) is 24.8 Å². The molecule has 3 aromatic rings. The fourth-order valence-corrected chi connectivity index (χ4v) is 5.69. The van der Waals surface area contributed by atoms with Gasteiger partial charge in [-0.2, -0.15) is 10.2 Å². The molecule has 1 saturated heterocycles. The molecule has 35 heavy (non-hydrogen) atoms. The Morgan fingerprint density at radius 1 is 1.14 bits per heavy atom. The lowest BCUT2D eigenvalue weighted by molar-refractivity contribution is 0.00409. The van der Waals surface area contributed by atoms with Gasteiger partial charge in [-0.3, -0.25) is 0 Å². The van der Waals surface area contributed by atoms with Crippen molar-refractivity contribution in [1.82, 2.24) is 9.97 Å². The van der Waals surface area contributed by atoms with Gasteiger partial charge in [0.05, 0.1) is 15.6 Å². The van der Waals surface area contributed by atoms with Gasteiger partial charge in [-0.05, 0) is 36.5 Å². The molecule has 0 radical (unpaired) electrons. The fraction of sp³-hybridized carbons (Fsp3) is 0.280. The lowest BCUT2D eigenvalue weighted by Gasteiger charge is -2.42. The highest BCUT2D eigenvalue weighted by molar-refractivity contribution is 6.43. The molecule has 10 heteroatoms. The lowest BCUT2D eigenvalue weighted by Crippen LogP contribution is -2.44. The van der Waals surface area contributed by atoms with E-state index in [1.165, 1.54) is 5.56 Å². The predicted molar refractivity (Wildman–Crippen MR) is 134 cm³/mol. The van der Waals surface area contributed by atoms with E-state index in [0.29, 0.717) is 35.2 Å². The predicted octanol–water partition coefficient (Wildman–Crippen LogP) is 4.88. The highest BCUT2D eigenvalue weighted by Gasteiger charge is 2.50. The number of piperidine rings is 1. The van der Waals surface area contributed by atoms with E-state index in [2.05, 4.69) is 22.1 Å². The second kappa shape index (κ2) is 8.91. The van der Waals surface area contributed by atoms with Crippen LogP contribution in [0.1, 0.15) is 35.8 Å². The first-order valence-corrected chi connectivity index (χ1v) is 11.9. The van der Waals surface area contributed by atoms with Crippen molar-refractivity contribution in [3.05, 3.63) is 69.3 Å². The zero-order valence-electron chi connectivity index (χ0n) is 18.7. The molecule has 5 rings (SSSR count). The van der Waals surface area contributed by atoms with Gasteiger partial charge in [-0.15, -0.1) is 0 Å².